The molecule has 0 unspecified atom stereocenters. The lowest BCUT2D eigenvalue weighted by Gasteiger charge is -2.13. The molecule has 0 bridgehead atoms. The van der Waals surface area contributed by atoms with Crippen LogP contribution in [0.5, 0.6) is 5.75 Å². The highest BCUT2D eigenvalue weighted by Crippen LogP contribution is 2.29. The summed E-state index contributed by atoms with van der Waals surface area (Å²) in [6, 6.07) is 8.86. The van der Waals surface area contributed by atoms with Crippen molar-refractivity contribution in [1.29, 1.82) is 0 Å². The predicted molar refractivity (Wildman–Crippen MR) is 97.3 cm³/mol. The fourth-order valence-corrected chi connectivity index (χ4v) is 4.41. The highest BCUT2D eigenvalue weighted by molar-refractivity contribution is 7.90. The Morgan fingerprint density at radius 3 is 2.29 bits per heavy atom. The maximum Gasteiger partial charge on any atom is 0.268 e. The molecule has 132 valence electrons. The highest BCUT2D eigenvalue weighted by Gasteiger charge is 2.24. The van der Waals surface area contributed by atoms with Gasteiger partial charge in [-0.25, -0.2) is 12.4 Å². The SMILES string of the molecule is CCCCCc1cc(OCC)c(C)n1S(=O)(=O)c1ccc(C)cc1. The number of nitrogens with zero attached hydrogens (tertiary/aromatic N) is 1. The van der Waals surface area contributed by atoms with Crippen LogP contribution in [0.25, 0.3) is 0 Å². The van der Waals surface area contributed by atoms with Crippen molar-refractivity contribution in [2.45, 2.75) is 58.3 Å². The van der Waals surface area contributed by atoms with Gasteiger partial charge in [-0.15, -0.1) is 0 Å². The first-order valence-corrected chi connectivity index (χ1v) is 10.0. The Kier molecular flexibility index (Phi) is 6.10. The molecule has 0 aliphatic heterocycles. The van der Waals surface area contributed by atoms with E-state index in [9.17, 15) is 8.42 Å². The molecule has 0 N–H and O–H groups in total. The van der Waals surface area contributed by atoms with Gasteiger partial charge in [0.2, 0.25) is 0 Å². The quantitative estimate of drug-likeness (QED) is 0.661. The van der Waals surface area contributed by atoms with Gasteiger partial charge in [-0.3, -0.25) is 0 Å². The second-order valence-corrected chi connectivity index (χ2v) is 7.84. The van der Waals surface area contributed by atoms with Gasteiger partial charge in [0.1, 0.15) is 5.75 Å². The summed E-state index contributed by atoms with van der Waals surface area (Å²) < 4.78 is 33.4. The van der Waals surface area contributed by atoms with Crippen molar-refractivity contribution in [3.63, 3.8) is 0 Å². The first-order chi connectivity index (χ1) is 11.4. The zero-order valence-electron chi connectivity index (χ0n) is 15.0. The molecule has 1 aromatic carbocycles. The van der Waals surface area contributed by atoms with E-state index in [0.717, 1.165) is 36.9 Å². The number of aromatic nitrogens is 1. The summed E-state index contributed by atoms with van der Waals surface area (Å²) in [6.45, 7) is 8.31. The molecule has 24 heavy (non-hydrogen) atoms. The molecule has 5 heteroatoms. The van der Waals surface area contributed by atoms with Gasteiger partial charge < -0.3 is 4.74 Å². The summed E-state index contributed by atoms with van der Waals surface area (Å²) in [5.74, 6) is 0.652. The molecule has 0 aliphatic rings. The predicted octanol–water partition coefficient (Wildman–Crippen LogP) is 4.47. The number of benzene rings is 1. The molecule has 4 nitrogen and oxygen atoms in total. The van der Waals surface area contributed by atoms with E-state index < -0.39 is 10.0 Å². The van der Waals surface area contributed by atoms with E-state index in [4.69, 9.17) is 4.74 Å². The molecule has 1 heterocycles. The number of aryl methyl sites for hydroxylation is 2. The number of unbranched alkanes of at least 4 members (excludes halogenated alkanes) is 2. The second-order valence-electron chi connectivity index (χ2n) is 6.06. The molecule has 0 aliphatic carbocycles. The Morgan fingerprint density at radius 2 is 1.71 bits per heavy atom. The van der Waals surface area contributed by atoms with Crippen molar-refractivity contribution < 1.29 is 13.2 Å². The standard InChI is InChI=1S/C19H27NO3S/c1-5-7-8-9-17-14-19(23-6-2)16(4)20(17)24(21,22)18-12-10-15(3)11-13-18/h10-14H,5-9H2,1-4H3. The van der Waals surface area contributed by atoms with Gasteiger partial charge in [-0.2, -0.15) is 0 Å². The third-order valence-electron chi connectivity index (χ3n) is 4.12. The minimum atomic E-state index is -3.62. The van der Waals surface area contributed by atoms with Crippen molar-refractivity contribution in [2.75, 3.05) is 6.61 Å². The molecular weight excluding hydrogens is 322 g/mol. The smallest absolute Gasteiger partial charge is 0.268 e. The van der Waals surface area contributed by atoms with Crippen LogP contribution in [0.3, 0.4) is 0 Å². The summed E-state index contributed by atoms with van der Waals surface area (Å²) in [5, 5.41) is 0. The minimum absolute atomic E-state index is 0.312. The Balaban J connectivity index is 2.51. The Hall–Kier alpha value is -1.75. The van der Waals surface area contributed by atoms with Gasteiger partial charge >= 0.3 is 0 Å². The van der Waals surface area contributed by atoms with Crippen molar-refractivity contribution in [3.05, 3.63) is 47.3 Å². The van der Waals surface area contributed by atoms with Crippen LogP contribution >= 0.6 is 0 Å². The number of hydrogen-bond donors (Lipinski definition) is 0. The molecule has 0 saturated heterocycles. The average Bonchev–Trinajstić information content (AvgIpc) is 2.85. The van der Waals surface area contributed by atoms with E-state index in [2.05, 4.69) is 6.92 Å². The Labute approximate surface area is 145 Å². The van der Waals surface area contributed by atoms with E-state index in [1.165, 1.54) is 3.97 Å². The summed E-state index contributed by atoms with van der Waals surface area (Å²) >= 11 is 0. The summed E-state index contributed by atoms with van der Waals surface area (Å²) in [5.41, 5.74) is 2.48. The third kappa shape index (κ3) is 3.83. The molecule has 1 aromatic heterocycles. The van der Waals surface area contributed by atoms with E-state index in [1.54, 1.807) is 19.1 Å². The lowest BCUT2D eigenvalue weighted by atomic mass is 10.2. The van der Waals surface area contributed by atoms with Crippen LogP contribution < -0.4 is 4.74 Å². The first kappa shape index (κ1) is 18.6. The Morgan fingerprint density at radius 1 is 1.04 bits per heavy atom. The first-order valence-electron chi connectivity index (χ1n) is 8.58. The molecule has 0 saturated carbocycles. The van der Waals surface area contributed by atoms with E-state index >= 15 is 0 Å². The topological polar surface area (TPSA) is 48.3 Å². The van der Waals surface area contributed by atoms with Crippen LogP contribution in [-0.4, -0.2) is 19.0 Å². The maximum absolute atomic E-state index is 13.1. The monoisotopic (exact) mass is 349 g/mol. The van der Waals surface area contributed by atoms with Crippen molar-refractivity contribution in [3.8, 4) is 5.75 Å². The lowest BCUT2D eigenvalue weighted by Crippen LogP contribution is -2.17. The van der Waals surface area contributed by atoms with Crippen LogP contribution in [-0.2, 0) is 16.4 Å². The van der Waals surface area contributed by atoms with E-state index in [1.807, 2.05) is 32.0 Å². The molecule has 0 spiro atoms. The van der Waals surface area contributed by atoms with Crippen LogP contribution in [0.15, 0.2) is 35.2 Å². The van der Waals surface area contributed by atoms with Crippen LogP contribution in [0, 0.1) is 13.8 Å². The number of ether oxygens (including phenoxy) is 1. The van der Waals surface area contributed by atoms with Gasteiger partial charge in [0.25, 0.3) is 10.0 Å². The fraction of sp³-hybridized carbons (Fsp3) is 0.474. The summed E-state index contributed by atoms with van der Waals surface area (Å²) in [7, 11) is -3.62. The van der Waals surface area contributed by atoms with Gasteiger partial charge in [-0.1, -0.05) is 37.5 Å². The van der Waals surface area contributed by atoms with Gasteiger partial charge in [0.15, 0.2) is 0 Å². The molecular formula is C19H27NO3S. The molecule has 0 fully saturated rings. The molecule has 2 aromatic rings. The third-order valence-corrected chi connectivity index (χ3v) is 5.97. The molecule has 0 atom stereocenters. The zero-order valence-corrected chi connectivity index (χ0v) is 15.8. The van der Waals surface area contributed by atoms with Crippen molar-refractivity contribution >= 4 is 10.0 Å². The van der Waals surface area contributed by atoms with Gasteiger partial charge in [0.05, 0.1) is 17.2 Å². The van der Waals surface area contributed by atoms with Crippen LogP contribution in [0.1, 0.15) is 50.1 Å². The largest absolute Gasteiger partial charge is 0.492 e. The van der Waals surface area contributed by atoms with Gasteiger partial charge in [0, 0.05) is 11.8 Å². The molecule has 2 rings (SSSR count). The summed E-state index contributed by atoms with van der Waals surface area (Å²) in [6.07, 6.45) is 3.88. The fourth-order valence-electron chi connectivity index (χ4n) is 2.81. The van der Waals surface area contributed by atoms with Crippen LogP contribution in [0.2, 0.25) is 0 Å². The van der Waals surface area contributed by atoms with E-state index in [0.29, 0.717) is 22.9 Å². The minimum Gasteiger partial charge on any atom is -0.492 e. The number of hydrogen-bond acceptors (Lipinski definition) is 3. The maximum atomic E-state index is 13.1. The summed E-state index contributed by atoms with van der Waals surface area (Å²) in [4.78, 5) is 0.312. The second kappa shape index (κ2) is 7.88. The van der Waals surface area contributed by atoms with Gasteiger partial charge in [-0.05, 0) is 45.7 Å². The zero-order chi connectivity index (χ0) is 17.7. The molecule has 0 amide bonds. The normalized spacial score (nSPS) is 11.7. The molecule has 0 radical (unpaired) electrons. The van der Waals surface area contributed by atoms with E-state index in [-0.39, 0.29) is 0 Å². The van der Waals surface area contributed by atoms with Crippen molar-refractivity contribution in [1.82, 2.24) is 3.97 Å². The Bertz CT molecular complexity index is 774. The highest BCUT2D eigenvalue weighted by atomic mass is 32.2. The lowest BCUT2D eigenvalue weighted by molar-refractivity contribution is 0.338. The van der Waals surface area contributed by atoms with Crippen LogP contribution in [0.4, 0.5) is 0 Å². The van der Waals surface area contributed by atoms with Crippen molar-refractivity contribution in [2.24, 2.45) is 0 Å². The number of rotatable bonds is 8. The average molecular weight is 349 g/mol.